The number of amides is 1. The van der Waals surface area contributed by atoms with E-state index in [4.69, 9.17) is 11.6 Å². The zero-order chi connectivity index (χ0) is 24.6. The summed E-state index contributed by atoms with van der Waals surface area (Å²) in [6.45, 7) is 5.75. The van der Waals surface area contributed by atoms with E-state index < -0.39 is 32.0 Å². The lowest BCUT2D eigenvalue weighted by atomic mass is 10.1. The molecule has 1 aliphatic heterocycles. The molecule has 0 bridgehead atoms. The van der Waals surface area contributed by atoms with Gasteiger partial charge in [-0.15, -0.1) is 0 Å². The van der Waals surface area contributed by atoms with Gasteiger partial charge in [0.05, 0.1) is 16.8 Å². The van der Waals surface area contributed by atoms with Crippen LogP contribution in [0.4, 0.5) is 5.69 Å². The quantitative estimate of drug-likeness (QED) is 0.591. The van der Waals surface area contributed by atoms with Crippen LogP contribution in [0.3, 0.4) is 0 Å². The third kappa shape index (κ3) is 5.51. The summed E-state index contributed by atoms with van der Waals surface area (Å²) < 4.78 is 53.5. The lowest BCUT2D eigenvalue weighted by molar-refractivity contribution is -0.133. The fraction of sp³-hybridized carbons (Fsp3) is 0.409. The summed E-state index contributed by atoms with van der Waals surface area (Å²) in [5, 5.41) is 0.360. The lowest BCUT2D eigenvalue weighted by Gasteiger charge is -2.37. The number of aryl methyl sites for hydroxylation is 2. The van der Waals surface area contributed by atoms with Gasteiger partial charge in [-0.3, -0.25) is 9.10 Å². The van der Waals surface area contributed by atoms with Crippen molar-refractivity contribution in [2.75, 3.05) is 36.7 Å². The van der Waals surface area contributed by atoms with Crippen molar-refractivity contribution in [3.63, 3.8) is 0 Å². The molecule has 1 atom stereocenters. The van der Waals surface area contributed by atoms with Crippen molar-refractivity contribution in [1.29, 1.82) is 0 Å². The molecule has 11 heteroatoms. The van der Waals surface area contributed by atoms with Gasteiger partial charge in [0, 0.05) is 31.2 Å². The van der Waals surface area contributed by atoms with E-state index in [1.165, 1.54) is 22.2 Å². The Balaban J connectivity index is 1.77. The van der Waals surface area contributed by atoms with Crippen molar-refractivity contribution in [2.45, 2.75) is 31.7 Å². The highest BCUT2D eigenvalue weighted by Gasteiger charge is 2.36. The Morgan fingerprint density at radius 1 is 0.970 bits per heavy atom. The van der Waals surface area contributed by atoms with Gasteiger partial charge in [0.1, 0.15) is 6.04 Å². The lowest BCUT2D eigenvalue weighted by Crippen LogP contribution is -2.56. The molecule has 0 spiro atoms. The Labute approximate surface area is 200 Å². The van der Waals surface area contributed by atoms with Crippen molar-refractivity contribution >= 4 is 43.2 Å². The molecule has 0 unspecified atom stereocenters. The number of rotatable bonds is 6. The molecule has 0 aliphatic carbocycles. The number of hydrogen-bond donors (Lipinski definition) is 0. The summed E-state index contributed by atoms with van der Waals surface area (Å²) in [7, 11) is -7.46. The Hall–Kier alpha value is -2.14. The number of piperazine rings is 1. The van der Waals surface area contributed by atoms with Crippen LogP contribution in [0.15, 0.2) is 47.4 Å². The minimum atomic E-state index is -3.79. The molecule has 1 amide bonds. The fourth-order valence-electron chi connectivity index (χ4n) is 3.87. The third-order valence-electron chi connectivity index (χ3n) is 5.68. The molecule has 3 rings (SSSR count). The first-order chi connectivity index (χ1) is 15.3. The van der Waals surface area contributed by atoms with Crippen LogP contribution in [-0.4, -0.2) is 70.4 Å². The molecule has 0 saturated carbocycles. The van der Waals surface area contributed by atoms with Crippen LogP contribution in [0.1, 0.15) is 18.1 Å². The summed E-state index contributed by atoms with van der Waals surface area (Å²) in [5.74, 6) is -0.396. The molecule has 2 aromatic rings. The van der Waals surface area contributed by atoms with Gasteiger partial charge in [-0.1, -0.05) is 35.4 Å². The van der Waals surface area contributed by atoms with Gasteiger partial charge in [0.15, 0.2) is 0 Å². The molecule has 1 heterocycles. The summed E-state index contributed by atoms with van der Waals surface area (Å²) in [6, 6.07) is 10.5. The molecular weight excluding hydrogens is 486 g/mol. The first kappa shape index (κ1) is 25.5. The Kier molecular flexibility index (Phi) is 7.42. The summed E-state index contributed by atoms with van der Waals surface area (Å²) in [5.41, 5.74) is 1.97. The van der Waals surface area contributed by atoms with E-state index in [0.717, 1.165) is 16.1 Å². The largest absolute Gasteiger partial charge is 0.338 e. The monoisotopic (exact) mass is 513 g/mol. The Morgan fingerprint density at radius 3 is 2.09 bits per heavy atom. The van der Waals surface area contributed by atoms with Crippen LogP contribution in [0, 0.1) is 13.8 Å². The van der Waals surface area contributed by atoms with E-state index in [0.29, 0.717) is 16.3 Å². The molecule has 2 aromatic carbocycles. The van der Waals surface area contributed by atoms with Gasteiger partial charge in [0.25, 0.3) is 0 Å². The van der Waals surface area contributed by atoms with Gasteiger partial charge in [-0.2, -0.15) is 4.31 Å². The highest BCUT2D eigenvalue weighted by atomic mass is 35.5. The molecule has 0 radical (unpaired) electrons. The second-order valence-corrected chi connectivity index (χ2v) is 12.4. The van der Waals surface area contributed by atoms with Crippen molar-refractivity contribution in [2.24, 2.45) is 0 Å². The summed E-state index contributed by atoms with van der Waals surface area (Å²) in [6.07, 6.45) is 1.04. The molecule has 33 heavy (non-hydrogen) atoms. The number of halogens is 1. The van der Waals surface area contributed by atoms with Crippen molar-refractivity contribution in [3.05, 3.63) is 58.6 Å². The van der Waals surface area contributed by atoms with Crippen LogP contribution in [0.5, 0.6) is 0 Å². The molecule has 0 N–H and O–H groups in total. The predicted molar refractivity (Wildman–Crippen MR) is 129 cm³/mol. The molecule has 0 aromatic heterocycles. The minimum Gasteiger partial charge on any atom is -0.338 e. The first-order valence-electron chi connectivity index (χ1n) is 10.4. The third-order valence-corrected chi connectivity index (χ3v) is 9.06. The van der Waals surface area contributed by atoms with E-state index in [-0.39, 0.29) is 31.1 Å². The predicted octanol–water partition coefficient (Wildman–Crippen LogP) is 2.64. The van der Waals surface area contributed by atoms with Gasteiger partial charge in [-0.25, -0.2) is 16.8 Å². The molecule has 1 aliphatic rings. The average Bonchev–Trinajstić information content (AvgIpc) is 2.75. The summed E-state index contributed by atoms with van der Waals surface area (Å²) in [4.78, 5) is 15.0. The second-order valence-electron chi connectivity index (χ2n) is 8.21. The molecule has 180 valence electrons. The van der Waals surface area contributed by atoms with Crippen LogP contribution < -0.4 is 4.31 Å². The number of carbonyl (C=O) groups excluding carboxylic acids is 1. The smallest absolute Gasteiger partial charge is 0.246 e. The maximum atomic E-state index is 13.2. The highest BCUT2D eigenvalue weighted by Crippen LogP contribution is 2.29. The number of benzene rings is 2. The number of hydrogen-bond acceptors (Lipinski definition) is 5. The molecular formula is C22H28ClN3O5S2. The van der Waals surface area contributed by atoms with Crippen molar-refractivity contribution in [3.8, 4) is 0 Å². The number of sulfonamides is 2. The van der Waals surface area contributed by atoms with Crippen LogP contribution in [0.25, 0.3) is 0 Å². The summed E-state index contributed by atoms with van der Waals surface area (Å²) >= 11 is 6.08. The van der Waals surface area contributed by atoms with Crippen LogP contribution in [-0.2, 0) is 24.8 Å². The van der Waals surface area contributed by atoms with E-state index in [2.05, 4.69) is 0 Å². The number of anilines is 1. The molecule has 1 saturated heterocycles. The maximum absolute atomic E-state index is 13.2. The van der Waals surface area contributed by atoms with Gasteiger partial charge in [-0.05, 0) is 50.6 Å². The minimum absolute atomic E-state index is 0.129. The van der Waals surface area contributed by atoms with Gasteiger partial charge >= 0.3 is 0 Å². The standard InChI is InChI=1S/C22H28ClN3O5S2/c1-16-5-9-20(10-6-16)33(30,31)25-13-11-24(12-14-25)22(27)18(3)26(32(4,28)29)21-15-19(23)8-7-17(21)2/h5-10,15,18H,11-14H2,1-4H3/t18-/m0/s1. The van der Waals surface area contributed by atoms with E-state index in [9.17, 15) is 21.6 Å². The maximum Gasteiger partial charge on any atom is 0.246 e. The normalized spacial score (nSPS) is 16.5. The topological polar surface area (TPSA) is 95.1 Å². The number of carbonyl (C=O) groups is 1. The zero-order valence-corrected chi connectivity index (χ0v) is 21.4. The van der Waals surface area contributed by atoms with E-state index in [1.807, 2.05) is 6.92 Å². The van der Waals surface area contributed by atoms with E-state index >= 15 is 0 Å². The van der Waals surface area contributed by atoms with Crippen LogP contribution >= 0.6 is 11.6 Å². The van der Waals surface area contributed by atoms with Crippen molar-refractivity contribution < 1.29 is 21.6 Å². The fourth-order valence-corrected chi connectivity index (χ4v) is 6.67. The van der Waals surface area contributed by atoms with E-state index in [1.54, 1.807) is 43.3 Å². The van der Waals surface area contributed by atoms with Crippen LogP contribution in [0.2, 0.25) is 5.02 Å². The van der Waals surface area contributed by atoms with Gasteiger partial charge < -0.3 is 4.90 Å². The average molecular weight is 514 g/mol. The van der Waals surface area contributed by atoms with Crippen molar-refractivity contribution in [1.82, 2.24) is 9.21 Å². The number of nitrogens with zero attached hydrogens (tertiary/aromatic N) is 3. The Morgan fingerprint density at radius 2 is 1.55 bits per heavy atom. The van der Waals surface area contributed by atoms with Gasteiger partial charge in [0.2, 0.25) is 26.0 Å². The molecule has 8 nitrogen and oxygen atoms in total. The SMILES string of the molecule is Cc1ccc(S(=O)(=O)N2CCN(C(=O)[C@H](C)N(c3cc(Cl)ccc3C)S(C)(=O)=O)CC2)cc1. The Bertz CT molecular complexity index is 1240. The zero-order valence-electron chi connectivity index (χ0n) is 19.0. The molecule has 1 fully saturated rings. The highest BCUT2D eigenvalue weighted by molar-refractivity contribution is 7.92. The first-order valence-corrected chi connectivity index (χ1v) is 14.1. The second kappa shape index (κ2) is 9.61.